The highest BCUT2D eigenvalue weighted by Crippen LogP contribution is 2.22. The average molecular weight is 372 g/mol. The van der Waals surface area contributed by atoms with Gasteiger partial charge in [0.25, 0.3) is 5.56 Å². The summed E-state index contributed by atoms with van der Waals surface area (Å²) in [4.78, 5) is 19.0. The number of hydrogen-bond donors (Lipinski definition) is 2. The van der Waals surface area contributed by atoms with Gasteiger partial charge in [0.05, 0.1) is 11.4 Å². The minimum atomic E-state index is -0.516. The Kier molecular flexibility index (Phi) is 4.83. The van der Waals surface area contributed by atoms with Crippen molar-refractivity contribution in [1.82, 2.24) is 9.55 Å². The zero-order valence-electron chi connectivity index (χ0n) is 13.2. The van der Waals surface area contributed by atoms with Gasteiger partial charge in [0, 0.05) is 11.2 Å². The molecule has 7 heteroatoms. The van der Waals surface area contributed by atoms with Crippen molar-refractivity contribution < 1.29 is 5.11 Å². The van der Waals surface area contributed by atoms with Gasteiger partial charge in [-0.2, -0.15) is 0 Å². The van der Waals surface area contributed by atoms with Crippen molar-refractivity contribution in [3.63, 3.8) is 0 Å². The first-order chi connectivity index (χ1) is 12.0. The summed E-state index contributed by atoms with van der Waals surface area (Å²) in [5.74, 6) is -0.270. The summed E-state index contributed by atoms with van der Waals surface area (Å²) in [6.07, 6.45) is 1.30. The van der Waals surface area contributed by atoms with Crippen LogP contribution in [0.5, 0.6) is 5.88 Å². The van der Waals surface area contributed by atoms with E-state index in [1.165, 1.54) is 10.8 Å². The first-order valence-corrected chi connectivity index (χ1v) is 8.20. The van der Waals surface area contributed by atoms with Crippen LogP contribution in [-0.4, -0.2) is 20.9 Å². The first kappa shape index (κ1) is 17.1. The molecule has 0 fully saturated rings. The van der Waals surface area contributed by atoms with Crippen molar-refractivity contribution in [3.8, 4) is 11.6 Å². The Labute approximate surface area is 153 Å². The van der Waals surface area contributed by atoms with Gasteiger partial charge in [0.1, 0.15) is 5.56 Å². The minimum Gasteiger partial charge on any atom is -0.494 e. The van der Waals surface area contributed by atoms with Crippen LogP contribution < -0.4 is 5.56 Å². The number of nitrogens with zero attached hydrogens (tertiary/aromatic N) is 2. The Bertz CT molecular complexity index is 1090. The molecule has 126 valence electrons. The topological polar surface area (TPSA) is 70.4 Å². The van der Waals surface area contributed by atoms with Gasteiger partial charge < -0.3 is 5.11 Å². The fourth-order valence-corrected chi connectivity index (χ4v) is 2.85. The van der Waals surface area contributed by atoms with Gasteiger partial charge in [-0.05, 0) is 49.0 Å². The lowest BCUT2D eigenvalue weighted by Gasteiger charge is -2.13. The van der Waals surface area contributed by atoms with Crippen LogP contribution in [0.1, 0.15) is 11.1 Å². The molecule has 0 radical (unpaired) electrons. The van der Waals surface area contributed by atoms with E-state index in [-0.39, 0.29) is 16.2 Å². The number of halogens is 1. The smallest absolute Gasteiger partial charge is 0.264 e. The predicted molar refractivity (Wildman–Crippen MR) is 102 cm³/mol. The molecule has 1 heterocycles. The zero-order chi connectivity index (χ0) is 18.0. The van der Waals surface area contributed by atoms with Crippen LogP contribution in [0.4, 0.5) is 5.69 Å². The third-order valence-electron chi connectivity index (χ3n) is 3.63. The van der Waals surface area contributed by atoms with E-state index in [1.807, 2.05) is 25.1 Å². The summed E-state index contributed by atoms with van der Waals surface area (Å²) in [6, 6.07) is 14.3. The monoisotopic (exact) mass is 371 g/mol. The van der Waals surface area contributed by atoms with Crippen LogP contribution in [0.15, 0.2) is 58.3 Å². The van der Waals surface area contributed by atoms with Crippen molar-refractivity contribution in [1.29, 1.82) is 0 Å². The lowest BCUT2D eigenvalue weighted by Crippen LogP contribution is -2.18. The van der Waals surface area contributed by atoms with Gasteiger partial charge in [-0.25, -0.2) is 0 Å². The summed E-state index contributed by atoms with van der Waals surface area (Å²) in [7, 11) is 0. The fraction of sp³-hybridized carbons (Fsp3) is 0.0556. The van der Waals surface area contributed by atoms with Crippen molar-refractivity contribution in [3.05, 3.63) is 79.8 Å². The lowest BCUT2D eigenvalue weighted by molar-refractivity contribution is 0.432. The Morgan fingerprint density at radius 1 is 1.24 bits per heavy atom. The van der Waals surface area contributed by atoms with E-state index < -0.39 is 5.56 Å². The SMILES string of the molecule is Cc1ccccc1-n1c(O)c(C=Nc2cccc(Cl)c2)c(=O)[nH]c1=S. The Morgan fingerprint density at radius 3 is 2.72 bits per heavy atom. The Balaban J connectivity index is 2.16. The van der Waals surface area contributed by atoms with Gasteiger partial charge in [0.15, 0.2) is 4.77 Å². The van der Waals surface area contributed by atoms with E-state index in [1.54, 1.807) is 30.3 Å². The molecule has 0 spiro atoms. The number of hydrogen-bond acceptors (Lipinski definition) is 4. The molecule has 3 aromatic rings. The summed E-state index contributed by atoms with van der Waals surface area (Å²) >= 11 is 11.1. The quantitative estimate of drug-likeness (QED) is 0.532. The van der Waals surface area contributed by atoms with Gasteiger partial charge in [0.2, 0.25) is 5.88 Å². The predicted octanol–water partition coefficient (Wildman–Crippen LogP) is 4.31. The van der Waals surface area contributed by atoms with E-state index in [4.69, 9.17) is 23.8 Å². The number of nitrogens with one attached hydrogen (secondary N) is 1. The standard InChI is InChI=1S/C18H14ClN3O2S/c1-11-5-2-3-8-15(11)22-17(24)14(16(23)21-18(22)25)10-20-13-7-4-6-12(19)9-13/h2-10,24H,1H3,(H,21,23,25). The van der Waals surface area contributed by atoms with E-state index in [0.29, 0.717) is 16.4 Å². The number of benzene rings is 2. The number of H-pyrrole nitrogens is 1. The highest BCUT2D eigenvalue weighted by molar-refractivity contribution is 7.71. The maximum atomic E-state index is 12.2. The number of aromatic hydroxyl groups is 1. The molecule has 0 saturated carbocycles. The van der Waals surface area contributed by atoms with Gasteiger partial charge in [-0.1, -0.05) is 35.9 Å². The van der Waals surface area contributed by atoms with Crippen molar-refractivity contribution >= 4 is 35.7 Å². The number of aromatic amines is 1. The molecule has 5 nitrogen and oxygen atoms in total. The van der Waals surface area contributed by atoms with Crippen LogP contribution in [0.25, 0.3) is 5.69 Å². The van der Waals surface area contributed by atoms with E-state index in [0.717, 1.165) is 5.56 Å². The van der Waals surface area contributed by atoms with E-state index in [9.17, 15) is 9.90 Å². The molecule has 1 aromatic heterocycles. The molecule has 0 atom stereocenters. The molecule has 0 aliphatic carbocycles. The molecule has 0 aliphatic heterocycles. The molecular weight excluding hydrogens is 358 g/mol. The molecule has 2 N–H and O–H groups in total. The Morgan fingerprint density at radius 2 is 2.00 bits per heavy atom. The molecule has 0 saturated heterocycles. The second-order valence-electron chi connectivity index (χ2n) is 5.36. The van der Waals surface area contributed by atoms with E-state index in [2.05, 4.69) is 9.98 Å². The van der Waals surface area contributed by atoms with Crippen molar-refractivity contribution in [2.75, 3.05) is 0 Å². The van der Waals surface area contributed by atoms with E-state index >= 15 is 0 Å². The molecule has 0 aliphatic rings. The highest BCUT2D eigenvalue weighted by atomic mass is 35.5. The van der Waals surface area contributed by atoms with Crippen molar-refractivity contribution in [2.24, 2.45) is 4.99 Å². The number of aliphatic imine (C=N–C) groups is 1. The normalized spacial score (nSPS) is 11.1. The van der Waals surface area contributed by atoms with Gasteiger partial charge in [-0.15, -0.1) is 0 Å². The Hall–Kier alpha value is -2.70. The molecule has 2 aromatic carbocycles. The third-order valence-corrected chi connectivity index (χ3v) is 4.15. The number of para-hydroxylation sites is 1. The van der Waals surface area contributed by atoms with Crippen LogP contribution >= 0.6 is 23.8 Å². The summed E-state index contributed by atoms with van der Waals surface area (Å²) in [6.45, 7) is 1.89. The van der Waals surface area contributed by atoms with Crippen LogP contribution in [0.3, 0.4) is 0 Å². The van der Waals surface area contributed by atoms with Gasteiger partial charge in [-0.3, -0.25) is 19.3 Å². The van der Waals surface area contributed by atoms with Crippen LogP contribution in [0, 0.1) is 11.7 Å². The molecular formula is C18H14ClN3O2S. The molecule has 3 rings (SSSR count). The maximum absolute atomic E-state index is 12.2. The number of aromatic nitrogens is 2. The zero-order valence-corrected chi connectivity index (χ0v) is 14.8. The van der Waals surface area contributed by atoms with Crippen LogP contribution in [0.2, 0.25) is 5.02 Å². The lowest BCUT2D eigenvalue weighted by atomic mass is 10.2. The third kappa shape index (κ3) is 3.55. The summed E-state index contributed by atoms with van der Waals surface area (Å²) in [5.41, 5.74) is 1.64. The fourth-order valence-electron chi connectivity index (χ4n) is 2.39. The number of aryl methyl sites for hydroxylation is 1. The molecule has 0 amide bonds. The summed E-state index contributed by atoms with van der Waals surface area (Å²) < 4.78 is 1.52. The van der Waals surface area contributed by atoms with Crippen molar-refractivity contribution in [2.45, 2.75) is 6.92 Å². The largest absolute Gasteiger partial charge is 0.494 e. The highest BCUT2D eigenvalue weighted by Gasteiger charge is 2.13. The first-order valence-electron chi connectivity index (χ1n) is 7.41. The molecule has 25 heavy (non-hydrogen) atoms. The average Bonchev–Trinajstić information content (AvgIpc) is 2.56. The van der Waals surface area contributed by atoms with Gasteiger partial charge >= 0.3 is 0 Å². The molecule has 0 unspecified atom stereocenters. The minimum absolute atomic E-state index is 0.0110. The second kappa shape index (κ2) is 7.04. The van der Waals surface area contributed by atoms with Crippen LogP contribution in [-0.2, 0) is 0 Å². The number of rotatable bonds is 3. The maximum Gasteiger partial charge on any atom is 0.264 e. The summed E-state index contributed by atoms with van der Waals surface area (Å²) in [5, 5.41) is 11.2. The molecule has 0 bridgehead atoms. The second-order valence-corrected chi connectivity index (χ2v) is 6.18.